The van der Waals surface area contributed by atoms with Crippen molar-refractivity contribution in [3.05, 3.63) is 77.1 Å². The molecule has 3 rings (SSSR count). The molecule has 2 aromatic rings. The Hall–Kier alpha value is -2.02. The number of aryl methyl sites for hydroxylation is 1. The lowest BCUT2D eigenvalue weighted by Gasteiger charge is -2.24. The van der Waals surface area contributed by atoms with Crippen LogP contribution in [0, 0.1) is 6.92 Å². The molecular formula is C17H16O. The third kappa shape index (κ3) is 1.92. The topological polar surface area (TPSA) is 9.23 Å². The van der Waals surface area contributed by atoms with Gasteiger partial charge in [0, 0.05) is 11.5 Å². The van der Waals surface area contributed by atoms with E-state index in [0.717, 1.165) is 11.5 Å². The van der Waals surface area contributed by atoms with Crippen LogP contribution in [-0.2, 0) is 0 Å². The van der Waals surface area contributed by atoms with Crippen molar-refractivity contribution in [3.8, 4) is 5.75 Å². The van der Waals surface area contributed by atoms with Crippen molar-refractivity contribution in [2.45, 2.75) is 19.8 Å². The van der Waals surface area contributed by atoms with E-state index in [1.807, 2.05) is 6.92 Å². The fraction of sp³-hybridized carbons (Fsp3) is 0.176. The quantitative estimate of drug-likeness (QED) is 0.712. The average molecular weight is 236 g/mol. The van der Waals surface area contributed by atoms with Crippen LogP contribution in [0.1, 0.15) is 29.5 Å². The summed E-state index contributed by atoms with van der Waals surface area (Å²) in [6.07, 6.45) is 2.19. The van der Waals surface area contributed by atoms with Crippen LogP contribution in [0.5, 0.6) is 5.75 Å². The Morgan fingerprint density at radius 2 is 1.72 bits per heavy atom. The van der Waals surface area contributed by atoms with E-state index in [1.165, 1.54) is 16.7 Å². The van der Waals surface area contributed by atoms with E-state index in [-0.39, 0.29) is 0 Å². The van der Waals surface area contributed by atoms with E-state index >= 15 is 0 Å². The molecule has 90 valence electrons. The molecule has 1 unspecified atom stereocenters. The van der Waals surface area contributed by atoms with Crippen LogP contribution >= 0.6 is 0 Å². The molecule has 1 heterocycles. The lowest BCUT2D eigenvalue weighted by atomic mass is 9.88. The summed E-state index contributed by atoms with van der Waals surface area (Å²) in [6.45, 7) is 4.13. The van der Waals surface area contributed by atoms with Crippen LogP contribution in [0.3, 0.4) is 0 Å². The minimum absolute atomic E-state index is 0.301. The van der Waals surface area contributed by atoms with Gasteiger partial charge in [-0.1, -0.05) is 48.0 Å². The maximum absolute atomic E-state index is 5.80. The maximum Gasteiger partial charge on any atom is 0.131 e. The number of ether oxygens (including phenoxy) is 1. The summed E-state index contributed by atoms with van der Waals surface area (Å²) in [7, 11) is 0. The van der Waals surface area contributed by atoms with Crippen LogP contribution in [-0.4, -0.2) is 0 Å². The fourth-order valence-corrected chi connectivity index (χ4v) is 2.47. The first-order chi connectivity index (χ1) is 8.74. The van der Waals surface area contributed by atoms with Gasteiger partial charge in [-0.05, 0) is 31.6 Å². The normalized spacial score (nSPS) is 17.7. The first-order valence-corrected chi connectivity index (χ1v) is 6.26. The molecule has 1 heteroatoms. The van der Waals surface area contributed by atoms with Crippen molar-refractivity contribution >= 4 is 0 Å². The molecule has 0 saturated heterocycles. The lowest BCUT2D eigenvalue weighted by Crippen LogP contribution is -2.09. The zero-order valence-electron chi connectivity index (χ0n) is 10.7. The summed E-state index contributed by atoms with van der Waals surface area (Å²) in [5, 5.41) is 0. The molecule has 1 atom stereocenters. The van der Waals surface area contributed by atoms with Crippen LogP contribution in [0.25, 0.3) is 0 Å². The summed E-state index contributed by atoms with van der Waals surface area (Å²) >= 11 is 0. The van der Waals surface area contributed by atoms with Crippen molar-refractivity contribution in [2.24, 2.45) is 0 Å². The van der Waals surface area contributed by atoms with E-state index in [2.05, 4.69) is 61.5 Å². The number of benzene rings is 2. The minimum atomic E-state index is 0.301. The molecule has 0 aromatic heterocycles. The molecule has 1 nitrogen and oxygen atoms in total. The Kier molecular flexibility index (Phi) is 2.67. The van der Waals surface area contributed by atoms with Gasteiger partial charge in [-0.25, -0.2) is 0 Å². The molecular weight excluding hydrogens is 220 g/mol. The Balaban J connectivity index is 2.14. The number of hydrogen-bond acceptors (Lipinski definition) is 1. The fourth-order valence-electron chi connectivity index (χ4n) is 2.47. The van der Waals surface area contributed by atoms with Crippen molar-refractivity contribution in [3.63, 3.8) is 0 Å². The molecule has 1 aliphatic heterocycles. The Morgan fingerprint density at radius 1 is 0.944 bits per heavy atom. The van der Waals surface area contributed by atoms with Crippen LogP contribution in [0.4, 0.5) is 0 Å². The average Bonchev–Trinajstić information content (AvgIpc) is 2.39. The van der Waals surface area contributed by atoms with Crippen LogP contribution < -0.4 is 4.74 Å². The minimum Gasteiger partial charge on any atom is -0.462 e. The van der Waals surface area contributed by atoms with Gasteiger partial charge < -0.3 is 4.74 Å². The summed E-state index contributed by atoms with van der Waals surface area (Å²) < 4.78 is 5.80. The van der Waals surface area contributed by atoms with Gasteiger partial charge in [-0.2, -0.15) is 0 Å². The molecule has 0 aliphatic carbocycles. The molecule has 2 aromatic carbocycles. The second-order valence-electron chi connectivity index (χ2n) is 4.81. The molecule has 0 fully saturated rings. The highest BCUT2D eigenvalue weighted by Crippen LogP contribution is 2.38. The van der Waals surface area contributed by atoms with Gasteiger partial charge in [-0.15, -0.1) is 0 Å². The van der Waals surface area contributed by atoms with E-state index in [0.29, 0.717) is 5.92 Å². The van der Waals surface area contributed by atoms with E-state index < -0.39 is 0 Å². The molecule has 1 aliphatic rings. The summed E-state index contributed by atoms with van der Waals surface area (Å²) in [5.41, 5.74) is 3.84. The van der Waals surface area contributed by atoms with Gasteiger partial charge in [0.15, 0.2) is 0 Å². The van der Waals surface area contributed by atoms with Gasteiger partial charge in [0.05, 0.1) is 5.76 Å². The molecule has 0 amide bonds. The van der Waals surface area contributed by atoms with Gasteiger partial charge in [0.1, 0.15) is 5.75 Å². The van der Waals surface area contributed by atoms with Crippen molar-refractivity contribution in [1.29, 1.82) is 0 Å². The zero-order chi connectivity index (χ0) is 12.5. The SMILES string of the molecule is CC1=CC(c2ccccc2)c2cc(C)ccc2O1. The van der Waals surface area contributed by atoms with Crippen LogP contribution in [0.15, 0.2) is 60.4 Å². The summed E-state index contributed by atoms with van der Waals surface area (Å²) in [4.78, 5) is 0. The number of rotatable bonds is 1. The van der Waals surface area contributed by atoms with Gasteiger partial charge in [0.25, 0.3) is 0 Å². The predicted octanol–water partition coefficient (Wildman–Crippen LogP) is 4.42. The summed E-state index contributed by atoms with van der Waals surface area (Å²) in [5.74, 6) is 2.25. The Labute approximate surface area is 108 Å². The highest BCUT2D eigenvalue weighted by molar-refractivity contribution is 5.49. The maximum atomic E-state index is 5.80. The molecule has 0 bridgehead atoms. The largest absolute Gasteiger partial charge is 0.462 e. The molecule has 0 radical (unpaired) electrons. The standard InChI is InChI=1S/C17H16O/c1-12-8-9-17-16(10-12)15(11-13(2)18-17)14-6-4-3-5-7-14/h3-11,15H,1-2H3. The van der Waals surface area contributed by atoms with Gasteiger partial charge in [-0.3, -0.25) is 0 Å². The van der Waals surface area contributed by atoms with E-state index in [9.17, 15) is 0 Å². The number of hydrogen-bond donors (Lipinski definition) is 0. The Bertz CT molecular complexity index is 596. The second kappa shape index (κ2) is 4.34. The molecule has 0 N–H and O–H groups in total. The summed E-state index contributed by atoms with van der Waals surface area (Å²) in [6, 6.07) is 17.0. The smallest absolute Gasteiger partial charge is 0.131 e. The van der Waals surface area contributed by atoms with Crippen molar-refractivity contribution in [2.75, 3.05) is 0 Å². The Morgan fingerprint density at radius 3 is 2.50 bits per heavy atom. The third-order valence-electron chi connectivity index (χ3n) is 3.33. The molecule has 0 saturated carbocycles. The first kappa shape index (κ1) is 11.1. The van der Waals surface area contributed by atoms with Crippen molar-refractivity contribution in [1.82, 2.24) is 0 Å². The van der Waals surface area contributed by atoms with Gasteiger partial charge >= 0.3 is 0 Å². The highest BCUT2D eigenvalue weighted by Gasteiger charge is 2.21. The second-order valence-corrected chi connectivity index (χ2v) is 4.81. The number of fused-ring (bicyclic) bond motifs is 1. The number of allylic oxidation sites excluding steroid dienone is 2. The lowest BCUT2D eigenvalue weighted by molar-refractivity contribution is 0.407. The third-order valence-corrected chi connectivity index (χ3v) is 3.33. The highest BCUT2D eigenvalue weighted by atomic mass is 16.5. The van der Waals surface area contributed by atoms with Crippen LogP contribution in [0.2, 0.25) is 0 Å². The molecule has 18 heavy (non-hydrogen) atoms. The van der Waals surface area contributed by atoms with Crippen molar-refractivity contribution < 1.29 is 4.74 Å². The first-order valence-electron chi connectivity index (χ1n) is 6.26. The van der Waals surface area contributed by atoms with E-state index in [1.54, 1.807) is 0 Å². The van der Waals surface area contributed by atoms with Gasteiger partial charge in [0.2, 0.25) is 0 Å². The van der Waals surface area contributed by atoms with E-state index in [4.69, 9.17) is 4.74 Å². The predicted molar refractivity (Wildman–Crippen MR) is 73.8 cm³/mol. The monoisotopic (exact) mass is 236 g/mol. The zero-order valence-corrected chi connectivity index (χ0v) is 10.7. The molecule has 0 spiro atoms.